The number of esters is 2. The number of ether oxygens (including phenoxy) is 2. The first-order valence-electron chi connectivity index (χ1n) is 7.89. The van der Waals surface area contributed by atoms with Gasteiger partial charge < -0.3 is 14.8 Å². The summed E-state index contributed by atoms with van der Waals surface area (Å²) in [6.45, 7) is 3.16. The lowest BCUT2D eigenvalue weighted by atomic mass is 10.1. The number of aryl methyl sites for hydroxylation is 1. The second-order valence-electron chi connectivity index (χ2n) is 5.64. The molecule has 0 bridgehead atoms. The summed E-state index contributed by atoms with van der Waals surface area (Å²) in [4.78, 5) is 41.3. The zero-order valence-corrected chi connectivity index (χ0v) is 16.5. The van der Waals surface area contributed by atoms with E-state index in [0.717, 1.165) is 20.7 Å². The summed E-state index contributed by atoms with van der Waals surface area (Å²) >= 11 is 2.68. The Balaban J connectivity index is 1.65. The fraction of sp³-hybridized carbons (Fsp3) is 0.222. The van der Waals surface area contributed by atoms with Crippen LogP contribution in [0.3, 0.4) is 0 Å². The van der Waals surface area contributed by atoms with Crippen LogP contribution in [0.15, 0.2) is 23.7 Å². The number of aromatic nitrogens is 1. The van der Waals surface area contributed by atoms with Crippen LogP contribution in [0, 0.1) is 13.8 Å². The average Bonchev–Trinajstić information content (AvgIpc) is 3.23. The minimum Gasteiger partial charge on any atom is -0.465 e. The van der Waals surface area contributed by atoms with Gasteiger partial charge in [0.05, 0.1) is 34.0 Å². The molecule has 1 N–H and O–H groups in total. The highest BCUT2D eigenvalue weighted by Crippen LogP contribution is 2.32. The van der Waals surface area contributed by atoms with Crippen molar-refractivity contribution in [2.45, 2.75) is 13.8 Å². The second kappa shape index (κ2) is 7.85. The van der Waals surface area contributed by atoms with Crippen molar-refractivity contribution < 1.29 is 23.9 Å². The summed E-state index contributed by atoms with van der Waals surface area (Å²) in [5.41, 5.74) is 3.90. The van der Waals surface area contributed by atoms with Crippen molar-refractivity contribution in [3.63, 3.8) is 0 Å². The maximum Gasteiger partial charge on any atom is 0.341 e. The van der Waals surface area contributed by atoms with Crippen LogP contribution in [0.5, 0.6) is 0 Å². The molecule has 1 aromatic carbocycles. The maximum atomic E-state index is 12.2. The molecule has 0 unspecified atom stereocenters. The van der Waals surface area contributed by atoms with Crippen LogP contribution in [-0.2, 0) is 14.3 Å². The molecule has 7 nitrogen and oxygen atoms in total. The smallest absolute Gasteiger partial charge is 0.341 e. The molecule has 9 heteroatoms. The molecule has 0 aliphatic heterocycles. The van der Waals surface area contributed by atoms with Crippen LogP contribution in [-0.4, -0.2) is 36.5 Å². The van der Waals surface area contributed by atoms with Gasteiger partial charge in [-0.05, 0) is 37.6 Å². The molecule has 2 heterocycles. The Labute approximate surface area is 162 Å². The average molecular weight is 404 g/mol. The molecule has 0 atom stereocenters. The zero-order valence-electron chi connectivity index (χ0n) is 14.8. The van der Waals surface area contributed by atoms with Crippen LogP contribution in [0.25, 0.3) is 10.2 Å². The van der Waals surface area contributed by atoms with E-state index in [4.69, 9.17) is 9.47 Å². The molecule has 0 aliphatic rings. The molecule has 0 fully saturated rings. The minimum absolute atomic E-state index is 0.315. The first kappa shape index (κ1) is 19.0. The number of fused-ring (bicyclic) bond motifs is 1. The summed E-state index contributed by atoms with van der Waals surface area (Å²) in [7, 11) is 1.28. The number of hydrogen-bond acceptors (Lipinski definition) is 8. The molecule has 1 amide bonds. The van der Waals surface area contributed by atoms with Crippen molar-refractivity contribution in [3.8, 4) is 0 Å². The first-order chi connectivity index (χ1) is 12.9. The summed E-state index contributed by atoms with van der Waals surface area (Å²) in [6.07, 6.45) is 0. The van der Waals surface area contributed by atoms with Crippen molar-refractivity contribution in [1.82, 2.24) is 4.98 Å². The van der Waals surface area contributed by atoms with Crippen LogP contribution in [0.1, 0.15) is 31.2 Å². The number of rotatable bonds is 5. The molecule has 0 saturated carbocycles. The summed E-state index contributed by atoms with van der Waals surface area (Å²) < 4.78 is 10.7. The molecule has 3 aromatic rings. The molecule has 27 heavy (non-hydrogen) atoms. The van der Waals surface area contributed by atoms with E-state index in [1.807, 2.05) is 6.92 Å². The highest BCUT2D eigenvalue weighted by molar-refractivity contribution is 7.17. The van der Waals surface area contributed by atoms with E-state index in [1.54, 1.807) is 30.6 Å². The Kier molecular flexibility index (Phi) is 5.52. The predicted molar refractivity (Wildman–Crippen MR) is 104 cm³/mol. The summed E-state index contributed by atoms with van der Waals surface area (Å²) in [5, 5.41) is 2.99. The quantitative estimate of drug-likeness (QED) is 0.654. The molecule has 0 aliphatic carbocycles. The van der Waals surface area contributed by atoms with Gasteiger partial charge >= 0.3 is 11.9 Å². The Morgan fingerprint density at radius 2 is 1.96 bits per heavy atom. The number of thiazole rings is 1. The minimum atomic E-state index is -0.604. The third-order valence-corrected chi connectivity index (χ3v) is 5.84. The number of anilines is 1. The van der Waals surface area contributed by atoms with Gasteiger partial charge in [0.2, 0.25) is 0 Å². The van der Waals surface area contributed by atoms with Gasteiger partial charge in [-0.25, -0.2) is 14.6 Å². The lowest BCUT2D eigenvalue weighted by Gasteiger charge is -2.07. The number of carbonyl (C=O) groups excluding carboxylic acids is 3. The van der Waals surface area contributed by atoms with Gasteiger partial charge in [0, 0.05) is 4.88 Å². The van der Waals surface area contributed by atoms with Crippen molar-refractivity contribution in [2.75, 3.05) is 19.0 Å². The van der Waals surface area contributed by atoms with Gasteiger partial charge in [-0.15, -0.1) is 22.7 Å². The Morgan fingerprint density at radius 3 is 2.70 bits per heavy atom. The number of methoxy groups -OCH3 is 1. The predicted octanol–water partition coefficient (Wildman–Crippen LogP) is 3.56. The van der Waals surface area contributed by atoms with Gasteiger partial charge in [-0.2, -0.15) is 0 Å². The Hall–Kier alpha value is -2.78. The van der Waals surface area contributed by atoms with E-state index in [9.17, 15) is 14.4 Å². The van der Waals surface area contributed by atoms with Crippen molar-refractivity contribution >= 4 is 55.7 Å². The van der Waals surface area contributed by atoms with Gasteiger partial charge in [-0.1, -0.05) is 0 Å². The third-order valence-electron chi connectivity index (χ3n) is 3.93. The fourth-order valence-corrected chi connectivity index (χ4v) is 4.20. The lowest BCUT2D eigenvalue weighted by Crippen LogP contribution is -2.21. The largest absolute Gasteiger partial charge is 0.465 e. The fourth-order valence-electron chi connectivity index (χ4n) is 2.42. The first-order valence-corrected chi connectivity index (χ1v) is 9.59. The standard InChI is InChI=1S/C18H16N2O5S2/c1-9-10(2)27-16(15(9)18(23)24-3)20-14(21)7-25-17(22)11-4-5-12-13(6-11)26-8-19-12/h4-6,8H,7H2,1-3H3,(H,20,21). The monoisotopic (exact) mass is 404 g/mol. The van der Waals surface area contributed by atoms with Crippen LogP contribution in [0.2, 0.25) is 0 Å². The SMILES string of the molecule is COC(=O)c1c(NC(=O)COC(=O)c2ccc3ncsc3c2)sc(C)c1C. The molecule has 0 spiro atoms. The molecular formula is C18H16N2O5S2. The van der Waals surface area contributed by atoms with E-state index in [0.29, 0.717) is 16.1 Å². The summed E-state index contributed by atoms with van der Waals surface area (Å²) in [6, 6.07) is 5.00. The van der Waals surface area contributed by atoms with E-state index >= 15 is 0 Å². The third kappa shape index (κ3) is 3.99. The molecule has 3 rings (SSSR count). The molecule has 0 radical (unpaired) electrons. The number of amides is 1. The van der Waals surface area contributed by atoms with Crippen LogP contribution < -0.4 is 5.32 Å². The highest BCUT2D eigenvalue weighted by atomic mass is 32.1. The Morgan fingerprint density at radius 1 is 1.19 bits per heavy atom. The second-order valence-corrected chi connectivity index (χ2v) is 7.75. The molecule has 0 saturated heterocycles. The number of thiophene rings is 1. The highest BCUT2D eigenvalue weighted by Gasteiger charge is 2.22. The molecule has 2 aromatic heterocycles. The number of nitrogens with zero attached hydrogens (tertiary/aromatic N) is 1. The van der Waals surface area contributed by atoms with E-state index in [-0.39, 0.29) is 0 Å². The van der Waals surface area contributed by atoms with Crippen molar-refractivity contribution in [1.29, 1.82) is 0 Å². The van der Waals surface area contributed by atoms with E-state index < -0.39 is 24.5 Å². The van der Waals surface area contributed by atoms with Crippen LogP contribution >= 0.6 is 22.7 Å². The maximum absolute atomic E-state index is 12.2. The van der Waals surface area contributed by atoms with Gasteiger partial charge in [0.15, 0.2) is 6.61 Å². The van der Waals surface area contributed by atoms with Gasteiger partial charge in [0.25, 0.3) is 5.91 Å². The number of carbonyl (C=O) groups is 3. The number of hydrogen-bond donors (Lipinski definition) is 1. The topological polar surface area (TPSA) is 94.6 Å². The number of benzene rings is 1. The van der Waals surface area contributed by atoms with E-state index in [2.05, 4.69) is 10.3 Å². The lowest BCUT2D eigenvalue weighted by molar-refractivity contribution is -0.119. The normalized spacial score (nSPS) is 10.6. The van der Waals surface area contributed by atoms with Crippen molar-refractivity contribution in [3.05, 3.63) is 45.3 Å². The van der Waals surface area contributed by atoms with E-state index in [1.165, 1.54) is 29.8 Å². The molecular weight excluding hydrogens is 388 g/mol. The van der Waals surface area contributed by atoms with Crippen LogP contribution in [0.4, 0.5) is 5.00 Å². The molecule has 140 valence electrons. The summed E-state index contributed by atoms with van der Waals surface area (Å²) in [5.74, 6) is -1.66. The zero-order chi connectivity index (χ0) is 19.6. The van der Waals surface area contributed by atoms with Crippen molar-refractivity contribution in [2.24, 2.45) is 0 Å². The van der Waals surface area contributed by atoms with Gasteiger partial charge in [0.1, 0.15) is 5.00 Å². The van der Waals surface area contributed by atoms with Gasteiger partial charge in [-0.3, -0.25) is 4.79 Å². The number of nitrogens with one attached hydrogen (secondary N) is 1. The Bertz CT molecular complexity index is 1040.